The van der Waals surface area contributed by atoms with Crippen LogP contribution in [0.5, 0.6) is 5.75 Å². The third kappa shape index (κ3) is 10.4. The number of nitrogens with one attached hydrogen (secondary N) is 1. The van der Waals surface area contributed by atoms with Gasteiger partial charge >= 0.3 is 18.2 Å². The quantitative estimate of drug-likeness (QED) is 0.289. The van der Waals surface area contributed by atoms with Crippen molar-refractivity contribution in [2.45, 2.75) is 65.2 Å². The van der Waals surface area contributed by atoms with Crippen molar-refractivity contribution in [3.05, 3.63) is 65.7 Å². The fourth-order valence-corrected chi connectivity index (χ4v) is 2.81. The van der Waals surface area contributed by atoms with E-state index in [-0.39, 0.29) is 13.0 Å². The molecule has 1 N–H and O–H groups in total. The summed E-state index contributed by atoms with van der Waals surface area (Å²) in [7, 11) is 0. The van der Waals surface area contributed by atoms with Gasteiger partial charge in [0.2, 0.25) is 0 Å². The largest absolute Gasteiger partial charge is 0.516 e. The number of hydrogen-bond acceptors (Lipinski definition) is 7. The number of rotatable bonds is 10. The van der Waals surface area contributed by atoms with Crippen LogP contribution in [0.1, 0.15) is 51.7 Å². The zero-order chi connectivity index (χ0) is 25.0. The smallest absolute Gasteiger partial charge is 0.489 e. The summed E-state index contributed by atoms with van der Waals surface area (Å²) >= 11 is 0. The number of ether oxygens (including phenoxy) is 4. The molecule has 0 spiro atoms. The molecule has 0 saturated heterocycles. The van der Waals surface area contributed by atoms with Gasteiger partial charge in [-0.25, -0.2) is 14.4 Å². The standard InChI is InChI=1S/C26H33NO7/c1-5-6-16-31-24(29)27-22(23(28)33-25(30)34-26(2,3)4)17-19-12-14-21(15-13-19)32-18-20-10-8-7-9-11-20/h7-15,22H,5-6,16-18H2,1-4H3,(H,27,29)/t22-/m0/s1. The van der Waals surface area contributed by atoms with Gasteiger partial charge in [0.15, 0.2) is 0 Å². The van der Waals surface area contributed by atoms with Crippen molar-refractivity contribution >= 4 is 18.2 Å². The third-order valence-electron chi connectivity index (χ3n) is 4.49. The number of unbranched alkanes of at least 4 members (excludes halogenated alkanes) is 1. The Labute approximate surface area is 200 Å². The molecule has 1 amide bonds. The van der Waals surface area contributed by atoms with Gasteiger partial charge in [0, 0.05) is 6.42 Å². The number of hydrogen-bond donors (Lipinski definition) is 1. The molecule has 1 atom stereocenters. The van der Waals surface area contributed by atoms with Gasteiger partial charge in [-0.05, 0) is 50.5 Å². The zero-order valence-electron chi connectivity index (χ0n) is 20.2. The molecule has 0 saturated carbocycles. The average molecular weight is 472 g/mol. The minimum absolute atomic E-state index is 0.0868. The highest BCUT2D eigenvalue weighted by Crippen LogP contribution is 2.16. The van der Waals surface area contributed by atoms with Crippen LogP contribution in [0.4, 0.5) is 9.59 Å². The zero-order valence-corrected chi connectivity index (χ0v) is 20.2. The molecule has 0 aliphatic heterocycles. The predicted octanol–water partition coefficient (Wildman–Crippen LogP) is 5.18. The minimum atomic E-state index is -1.14. The lowest BCUT2D eigenvalue weighted by Crippen LogP contribution is -2.44. The highest BCUT2D eigenvalue weighted by Gasteiger charge is 2.28. The Morgan fingerprint density at radius 1 is 0.941 bits per heavy atom. The summed E-state index contributed by atoms with van der Waals surface area (Å²) in [5, 5.41) is 2.48. The fraction of sp³-hybridized carbons (Fsp3) is 0.423. The van der Waals surface area contributed by atoms with Gasteiger partial charge in [-0.1, -0.05) is 55.8 Å². The van der Waals surface area contributed by atoms with Crippen molar-refractivity contribution in [1.82, 2.24) is 5.32 Å². The Kier molecular flexibility index (Phi) is 10.4. The summed E-state index contributed by atoms with van der Waals surface area (Å²) in [4.78, 5) is 36.7. The van der Waals surface area contributed by atoms with E-state index >= 15 is 0 Å². The number of carbonyl (C=O) groups is 3. The van der Waals surface area contributed by atoms with Gasteiger partial charge in [0.1, 0.15) is 24.0 Å². The molecule has 8 nitrogen and oxygen atoms in total. The molecule has 0 aromatic heterocycles. The monoisotopic (exact) mass is 471 g/mol. The molecule has 2 rings (SSSR count). The van der Waals surface area contributed by atoms with E-state index < -0.39 is 29.9 Å². The molecular weight excluding hydrogens is 438 g/mol. The van der Waals surface area contributed by atoms with Crippen LogP contribution in [0, 0.1) is 0 Å². The fourth-order valence-electron chi connectivity index (χ4n) is 2.81. The lowest BCUT2D eigenvalue weighted by atomic mass is 10.1. The highest BCUT2D eigenvalue weighted by atomic mass is 16.7. The van der Waals surface area contributed by atoms with Crippen molar-refractivity contribution in [3.8, 4) is 5.75 Å². The average Bonchev–Trinajstić information content (AvgIpc) is 2.77. The second-order valence-corrected chi connectivity index (χ2v) is 8.69. The van der Waals surface area contributed by atoms with Crippen molar-refractivity contribution in [2.24, 2.45) is 0 Å². The molecule has 8 heteroatoms. The topological polar surface area (TPSA) is 100 Å². The molecule has 2 aromatic carbocycles. The molecule has 184 valence electrons. The van der Waals surface area contributed by atoms with E-state index in [2.05, 4.69) is 5.32 Å². The molecule has 0 fully saturated rings. The van der Waals surface area contributed by atoms with Gasteiger partial charge < -0.3 is 24.3 Å². The van der Waals surface area contributed by atoms with E-state index in [1.165, 1.54) is 0 Å². The summed E-state index contributed by atoms with van der Waals surface area (Å²) in [6.45, 7) is 7.58. The Hall–Kier alpha value is -3.55. The first-order valence-corrected chi connectivity index (χ1v) is 11.3. The summed E-state index contributed by atoms with van der Waals surface area (Å²) in [5.41, 5.74) is 0.948. The van der Waals surface area contributed by atoms with E-state index in [0.717, 1.165) is 17.5 Å². The molecule has 0 aliphatic rings. The van der Waals surface area contributed by atoms with Gasteiger partial charge in [-0.15, -0.1) is 0 Å². The number of amides is 1. The first-order chi connectivity index (χ1) is 16.2. The van der Waals surface area contributed by atoms with E-state index in [1.54, 1.807) is 45.0 Å². The molecule has 34 heavy (non-hydrogen) atoms. The highest BCUT2D eigenvalue weighted by molar-refractivity contribution is 5.88. The Morgan fingerprint density at radius 3 is 2.24 bits per heavy atom. The van der Waals surface area contributed by atoms with Crippen LogP contribution in [0.25, 0.3) is 0 Å². The molecule has 2 aromatic rings. The molecule has 0 aliphatic carbocycles. The minimum Gasteiger partial charge on any atom is -0.489 e. The van der Waals surface area contributed by atoms with Crippen LogP contribution in [0.15, 0.2) is 54.6 Å². The number of carbonyl (C=O) groups excluding carboxylic acids is 3. The number of esters is 1. The molecular formula is C26H33NO7. The maximum absolute atomic E-state index is 12.6. The lowest BCUT2D eigenvalue weighted by Gasteiger charge is -2.20. The third-order valence-corrected chi connectivity index (χ3v) is 4.49. The molecule has 0 bridgehead atoms. The van der Waals surface area contributed by atoms with Gasteiger partial charge in [0.05, 0.1) is 6.61 Å². The van der Waals surface area contributed by atoms with E-state index in [1.807, 2.05) is 37.3 Å². The number of benzene rings is 2. The SMILES string of the molecule is CCCCOC(=O)N[C@@H](Cc1ccc(OCc2ccccc2)cc1)C(=O)OC(=O)OC(C)(C)C. The molecule has 0 heterocycles. The van der Waals surface area contributed by atoms with Crippen LogP contribution in [-0.2, 0) is 32.0 Å². The van der Waals surface area contributed by atoms with Crippen LogP contribution in [0.3, 0.4) is 0 Å². The maximum Gasteiger partial charge on any atom is 0.516 e. The van der Waals surface area contributed by atoms with Crippen LogP contribution < -0.4 is 10.1 Å². The van der Waals surface area contributed by atoms with E-state index in [9.17, 15) is 14.4 Å². The van der Waals surface area contributed by atoms with Gasteiger partial charge in [-0.3, -0.25) is 0 Å². The van der Waals surface area contributed by atoms with Crippen LogP contribution >= 0.6 is 0 Å². The summed E-state index contributed by atoms with van der Waals surface area (Å²) in [6, 6.07) is 15.7. The van der Waals surface area contributed by atoms with Crippen LogP contribution in [0.2, 0.25) is 0 Å². The normalized spacial score (nSPS) is 11.8. The Bertz CT molecular complexity index is 920. The Balaban J connectivity index is 2.01. The van der Waals surface area contributed by atoms with Crippen molar-refractivity contribution < 1.29 is 33.3 Å². The first kappa shape index (κ1) is 26.7. The predicted molar refractivity (Wildman–Crippen MR) is 126 cm³/mol. The number of alkyl carbamates (subject to hydrolysis) is 1. The van der Waals surface area contributed by atoms with E-state index in [4.69, 9.17) is 18.9 Å². The Morgan fingerprint density at radius 2 is 1.62 bits per heavy atom. The summed E-state index contributed by atoms with van der Waals surface area (Å²) in [5.74, 6) is -0.279. The van der Waals surface area contributed by atoms with Gasteiger partial charge in [0.25, 0.3) is 0 Å². The summed E-state index contributed by atoms with van der Waals surface area (Å²) < 4.78 is 20.7. The molecule has 0 radical (unpaired) electrons. The van der Waals surface area contributed by atoms with Crippen molar-refractivity contribution in [2.75, 3.05) is 6.61 Å². The van der Waals surface area contributed by atoms with Crippen LogP contribution in [-0.4, -0.2) is 36.5 Å². The molecule has 0 unspecified atom stereocenters. The summed E-state index contributed by atoms with van der Waals surface area (Å²) in [6.07, 6.45) is -0.250. The second kappa shape index (κ2) is 13.2. The lowest BCUT2D eigenvalue weighted by molar-refractivity contribution is -0.143. The van der Waals surface area contributed by atoms with E-state index in [0.29, 0.717) is 18.8 Å². The maximum atomic E-state index is 12.6. The van der Waals surface area contributed by atoms with Crippen molar-refractivity contribution in [1.29, 1.82) is 0 Å². The van der Waals surface area contributed by atoms with Gasteiger partial charge in [-0.2, -0.15) is 0 Å². The first-order valence-electron chi connectivity index (χ1n) is 11.3. The van der Waals surface area contributed by atoms with Crippen molar-refractivity contribution in [3.63, 3.8) is 0 Å². The second-order valence-electron chi connectivity index (χ2n) is 8.69.